The van der Waals surface area contributed by atoms with Crippen LogP contribution in [0.25, 0.3) is 0 Å². The van der Waals surface area contributed by atoms with Crippen molar-refractivity contribution >= 4 is 23.6 Å². The number of nitrogens with zero attached hydrogens (tertiary/aromatic N) is 2. The molecular weight excluding hydrogens is 250 g/mol. The van der Waals surface area contributed by atoms with E-state index in [-0.39, 0.29) is 30.8 Å². The van der Waals surface area contributed by atoms with Crippen molar-refractivity contribution in [3.63, 3.8) is 0 Å². The van der Waals surface area contributed by atoms with Gasteiger partial charge in [-0.2, -0.15) is 0 Å². The van der Waals surface area contributed by atoms with Crippen molar-refractivity contribution in [3.05, 3.63) is 0 Å². The zero-order valence-corrected chi connectivity index (χ0v) is 10.8. The smallest absolute Gasteiger partial charge is 0.246 e. The van der Waals surface area contributed by atoms with E-state index in [4.69, 9.17) is 0 Å². The van der Waals surface area contributed by atoms with Crippen LogP contribution in [0.3, 0.4) is 0 Å². The zero-order valence-electron chi connectivity index (χ0n) is 10.8. The predicted octanol–water partition coefficient (Wildman–Crippen LogP) is -1.27. The Morgan fingerprint density at radius 2 is 1.58 bits per heavy atom. The first-order chi connectivity index (χ1) is 8.97. The number of hydrogen-bond donors (Lipinski definition) is 1. The molecule has 0 unspecified atom stereocenters. The van der Waals surface area contributed by atoms with E-state index >= 15 is 0 Å². The molecule has 0 aromatic carbocycles. The molecule has 7 heteroatoms. The van der Waals surface area contributed by atoms with Crippen LogP contribution in [-0.4, -0.2) is 59.6 Å². The van der Waals surface area contributed by atoms with Gasteiger partial charge in [0.25, 0.3) is 0 Å². The second kappa shape index (κ2) is 5.38. The van der Waals surface area contributed by atoms with Crippen LogP contribution >= 0.6 is 0 Å². The Balaban J connectivity index is 1.92. The van der Waals surface area contributed by atoms with Crippen molar-refractivity contribution < 1.29 is 19.2 Å². The topological polar surface area (TPSA) is 86.8 Å². The van der Waals surface area contributed by atoms with E-state index in [1.807, 2.05) is 0 Å². The number of amides is 4. The summed E-state index contributed by atoms with van der Waals surface area (Å²) >= 11 is 0. The number of hydrogen-bond acceptors (Lipinski definition) is 4. The summed E-state index contributed by atoms with van der Waals surface area (Å²) in [4.78, 5) is 48.9. The van der Waals surface area contributed by atoms with Gasteiger partial charge in [0.15, 0.2) is 0 Å². The van der Waals surface area contributed by atoms with Crippen molar-refractivity contribution in [2.24, 2.45) is 5.92 Å². The molecule has 2 aliphatic heterocycles. The minimum Gasteiger partial charge on any atom is -0.343 e. The number of imide groups is 1. The lowest BCUT2D eigenvalue weighted by Crippen LogP contribution is -2.55. The lowest BCUT2D eigenvalue weighted by atomic mass is 9.95. The van der Waals surface area contributed by atoms with Crippen LogP contribution in [0.4, 0.5) is 0 Å². The molecule has 104 valence electrons. The Bertz CT molecular complexity index is 411. The van der Waals surface area contributed by atoms with Gasteiger partial charge in [0, 0.05) is 25.9 Å². The third kappa shape index (κ3) is 3.10. The van der Waals surface area contributed by atoms with Gasteiger partial charge in [0.05, 0.1) is 0 Å². The van der Waals surface area contributed by atoms with Crippen LogP contribution in [0.5, 0.6) is 0 Å². The van der Waals surface area contributed by atoms with Gasteiger partial charge in [-0.15, -0.1) is 0 Å². The summed E-state index contributed by atoms with van der Waals surface area (Å²) in [6, 6.07) is 0. The van der Waals surface area contributed by atoms with E-state index in [2.05, 4.69) is 5.32 Å². The number of carbonyl (C=O) groups is 4. The molecule has 19 heavy (non-hydrogen) atoms. The molecule has 2 saturated heterocycles. The Morgan fingerprint density at radius 1 is 1.05 bits per heavy atom. The molecule has 7 nitrogen and oxygen atoms in total. The highest BCUT2D eigenvalue weighted by Crippen LogP contribution is 2.20. The third-order valence-corrected chi connectivity index (χ3v) is 3.55. The van der Waals surface area contributed by atoms with Gasteiger partial charge in [-0.05, 0) is 12.8 Å². The van der Waals surface area contributed by atoms with Crippen molar-refractivity contribution in [3.8, 4) is 0 Å². The fourth-order valence-corrected chi connectivity index (χ4v) is 2.49. The normalized spacial score (nSPS) is 21.3. The molecule has 0 saturated carbocycles. The first-order valence-corrected chi connectivity index (χ1v) is 6.34. The summed E-state index contributed by atoms with van der Waals surface area (Å²) in [5.74, 6) is -1.23. The number of piperazine rings is 1. The Labute approximate surface area is 110 Å². The van der Waals surface area contributed by atoms with E-state index in [0.717, 1.165) is 0 Å². The van der Waals surface area contributed by atoms with Crippen LogP contribution in [0.1, 0.15) is 19.8 Å². The molecule has 1 N–H and O–H groups in total. The first kappa shape index (κ1) is 13.5. The molecule has 0 atom stereocenters. The maximum absolute atomic E-state index is 12.2. The SMILES string of the molecule is CC(=O)N1CCC(C(=O)N2CC(=O)NC(=O)C2)CC1. The largest absolute Gasteiger partial charge is 0.343 e. The maximum atomic E-state index is 12.2. The average molecular weight is 267 g/mol. The lowest BCUT2D eigenvalue weighted by molar-refractivity contribution is -0.148. The minimum absolute atomic E-state index is 0.0124. The molecule has 2 rings (SSSR count). The van der Waals surface area contributed by atoms with E-state index in [1.165, 1.54) is 11.8 Å². The second-order valence-corrected chi connectivity index (χ2v) is 4.95. The van der Waals surface area contributed by atoms with Crippen molar-refractivity contribution in [1.82, 2.24) is 15.1 Å². The summed E-state index contributed by atoms with van der Waals surface area (Å²) in [6.45, 7) is 2.50. The van der Waals surface area contributed by atoms with Crippen molar-refractivity contribution in [2.75, 3.05) is 26.2 Å². The van der Waals surface area contributed by atoms with E-state index in [1.54, 1.807) is 4.90 Å². The highest BCUT2D eigenvalue weighted by molar-refractivity contribution is 6.02. The summed E-state index contributed by atoms with van der Waals surface area (Å²) in [6.07, 6.45) is 1.18. The lowest BCUT2D eigenvalue weighted by Gasteiger charge is -2.34. The molecular formula is C12H17N3O4. The van der Waals surface area contributed by atoms with Gasteiger partial charge in [0.1, 0.15) is 13.1 Å². The van der Waals surface area contributed by atoms with Gasteiger partial charge in [0.2, 0.25) is 23.6 Å². The van der Waals surface area contributed by atoms with Crippen molar-refractivity contribution in [2.45, 2.75) is 19.8 Å². The Kier molecular flexibility index (Phi) is 3.82. The molecule has 0 aliphatic carbocycles. The van der Waals surface area contributed by atoms with Gasteiger partial charge < -0.3 is 9.80 Å². The molecule has 2 aliphatic rings. The van der Waals surface area contributed by atoms with Gasteiger partial charge >= 0.3 is 0 Å². The van der Waals surface area contributed by atoms with Crippen LogP contribution in [0.15, 0.2) is 0 Å². The third-order valence-electron chi connectivity index (χ3n) is 3.55. The molecule has 0 spiro atoms. The van der Waals surface area contributed by atoms with Crippen LogP contribution in [0.2, 0.25) is 0 Å². The monoisotopic (exact) mass is 267 g/mol. The van der Waals surface area contributed by atoms with Crippen LogP contribution in [0, 0.1) is 5.92 Å². The van der Waals surface area contributed by atoms with Crippen LogP contribution < -0.4 is 5.32 Å². The summed E-state index contributed by atoms with van der Waals surface area (Å²) < 4.78 is 0. The molecule has 0 aromatic heterocycles. The molecule has 2 fully saturated rings. The molecule has 0 radical (unpaired) electrons. The Hall–Kier alpha value is -1.92. The van der Waals surface area contributed by atoms with E-state index in [9.17, 15) is 19.2 Å². The summed E-state index contributed by atoms with van der Waals surface area (Å²) in [5.41, 5.74) is 0. The molecule has 2 heterocycles. The summed E-state index contributed by atoms with van der Waals surface area (Å²) in [5, 5.41) is 2.16. The first-order valence-electron chi connectivity index (χ1n) is 6.34. The van der Waals surface area contributed by atoms with Gasteiger partial charge in [-0.1, -0.05) is 0 Å². The molecule has 0 aromatic rings. The highest BCUT2D eigenvalue weighted by Gasteiger charge is 2.33. The number of rotatable bonds is 1. The van der Waals surface area contributed by atoms with Gasteiger partial charge in [-0.25, -0.2) is 0 Å². The number of likely N-dealkylation sites (tertiary alicyclic amines) is 1. The number of nitrogens with one attached hydrogen (secondary N) is 1. The number of carbonyl (C=O) groups excluding carboxylic acids is 4. The minimum atomic E-state index is -0.439. The molecule has 4 amide bonds. The fourth-order valence-electron chi connectivity index (χ4n) is 2.49. The number of piperidine rings is 1. The van der Waals surface area contributed by atoms with E-state index in [0.29, 0.717) is 25.9 Å². The van der Waals surface area contributed by atoms with Crippen molar-refractivity contribution in [1.29, 1.82) is 0 Å². The average Bonchev–Trinajstić information content (AvgIpc) is 2.37. The summed E-state index contributed by atoms with van der Waals surface area (Å²) in [7, 11) is 0. The Morgan fingerprint density at radius 3 is 2.05 bits per heavy atom. The fraction of sp³-hybridized carbons (Fsp3) is 0.667. The maximum Gasteiger partial charge on any atom is 0.246 e. The highest BCUT2D eigenvalue weighted by atomic mass is 16.2. The molecule has 0 bridgehead atoms. The van der Waals surface area contributed by atoms with Crippen LogP contribution in [-0.2, 0) is 19.2 Å². The predicted molar refractivity (Wildman–Crippen MR) is 64.7 cm³/mol. The van der Waals surface area contributed by atoms with Gasteiger partial charge in [-0.3, -0.25) is 24.5 Å². The standard InChI is InChI=1S/C12H17N3O4/c1-8(16)14-4-2-9(3-5-14)12(19)15-6-10(17)13-11(18)7-15/h9H,2-7H2,1H3,(H,13,17,18). The second-order valence-electron chi connectivity index (χ2n) is 4.95. The quantitative estimate of drug-likeness (QED) is 0.600. The van der Waals surface area contributed by atoms with E-state index < -0.39 is 11.8 Å². The zero-order chi connectivity index (χ0) is 14.0.